The van der Waals surface area contributed by atoms with E-state index in [1.807, 2.05) is 19.1 Å². The van der Waals surface area contributed by atoms with Gasteiger partial charge in [0.25, 0.3) is 0 Å². The zero-order valence-electron chi connectivity index (χ0n) is 10.8. The molecular formula is C15H16N2O2. The van der Waals surface area contributed by atoms with Crippen molar-refractivity contribution in [3.63, 3.8) is 0 Å². The maximum Gasteiger partial charge on any atom is 0.168 e. The monoisotopic (exact) mass is 256 g/mol. The number of pyridine rings is 1. The molecule has 1 aromatic carbocycles. The first-order valence-electron chi connectivity index (χ1n) is 6.14. The third-order valence-corrected chi connectivity index (χ3v) is 2.66. The summed E-state index contributed by atoms with van der Waals surface area (Å²) in [5.74, 6) is 0.612. The highest BCUT2D eigenvalue weighted by molar-refractivity contribution is 5.97. The van der Waals surface area contributed by atoms with Crippen LogP contribution in [0, 0.1) is 0 Å². The standard InChI is InChI=1S/C15H16N2O2/c1-2-19-14-8-12(9-17-10-14)15(18)7-11-4-3-5-13(16)6-11/h3-6,8-10H,2,7,16H2,1H3. The van der Waals surface area contributed by atoms with Crippen LogP contribution < -0.4 is 10.5 Å². The van der Waals surface area contributed by atoms with Gasteiger partial charge in [0.05, 0.1) is 12.8 Å². The van der Waals surface area contributed by atoms with E-state index in [9.17, 15) is 4.79 Å². The van der Waals surface area contributed by atoms with E-state index in [-0.39, 0.29) is 5.78 Å². The Hall–Kier alpha value is -2.36. The quantitative estimate of drug-likeness (QED) is 0.659. The molecule has 0 radical (unpaired) electrons. The molecule has 2 aromatic rings. The van der Waals surface area contributed by atoms with Crippen LogP contribution in [0.2, 0.25) is 0 Å². The lowest BCUT2D eigenvalue weighted by Gasteiger charge is -2.05. The van der Waals surface area contributed by atoms with Crippen LogP contribution in [0.25, 0.3) is 0 Å². The average Bonchev–Trinajstić information content (AvgIpc) is 2.39. The van der Waals surface area contributed by atoms with E-state index in [1.165, 1.54) is 0 Å². The molecule has 0 fully saturated rings. The fourth-order valence-corrected chi connectivity index (χ4v) is 1.81. The van der Waals surface area contributed by atoms with Gasteiger partial charge in [-0.1, -0.05) is 12.1 Å². The number of carbonyl (C=O) groups is 1. The summed E-state index contributed by atoms with van der Waals surface area (Å²) < 4.78 is 5.33. The van der Waals surface area contributed by atoms with E-state index in [2.05, 4.69) is 4.98 Å². The Morgan fingerprint density at radius 2 is 2.16 bits per heavy atom. The number of aromatic nitrogens is 1. The van der Waals surface area contributed by atoms with Crippen molar-refractivity contribution in [1.29, 1.82) is 0 Å². The number of anilines is 1. The predicted octanol–water partition coefficient (Wildman–Crippen LogP) is 2.49. The summed E-state index contributed by atoms with van der Waals surface area (Å²) in [6.45, 7) is 2.44. The number of hydrogen-bond acceptors (Lipinski definition) is 4. The summed E-state index contributed by atoms with van der Waals surface area (Å²) in [5, 5.41) is 0. The van der Waals surface area contributed by atoms with Crippen LogP contribution in [-0.2, 0) is 6.42 Å². The number of ketones is 1. The van der Waals surface area contributed by atoms with Crippen molar-refractivity contribution < 1.29 is 9.53 Å². The summed E-state index contributed by atoms with van der Waals surface area (Å²) in [6, 6.07) is 9.04. The van der Waals surface area contributed by atoms with Crippen LogP contribution in [0.1, 0.15) is 22.8 Å². The van der Waals surface area contributed by atoms with E-state index in [4.69, 9.17) is 10.5 Å². The first kappa shape index (κ1) is 13.1. The molecule has 2 rings (SSSR count). The van der Waals surface area contributed by atoms with Gasteiger partial charge in [-0.3, -0.25) is 9.78 Å². The minimum Gasteiger partial charge on any atom is -0.492 e. The number of carbonyl (C=O) groups excluding carboxylic acids is 1. The molecule has 0 aliphatic heterocycles. The Balaban J connectivity index is 2.13. The number of benzene rings is 1. The molecular weight excluding hydrogens is 240 g/mol. The third-order valence-electron chi connectivity index (χ3n) is 2.66. The zero-order valence-corrected chi connectivity index (χ0v) is 10.8. The van der Waals surface area contributed by atoms with Crippen molar-refractivity contribution in [3.05, 3.63) is 53.9 Å². The van der Waals surface area contributed by atoms with Crippen molar-refractivity contribution in [1.82, 2.24) is 4.98 Å². The van der Waals surface area contributed by atoms with Crippen molar-refractivity contribution in [2.45, 2.75) is 13.3 Å². The fraction of sp³-hybridized carbons (Fsp3) is 0.200. The molecule has 0 amide bonds. The number of Topliss-reactive ketones (excluding diaryl/α,β-unsaturated/α-hetero) is 1. The van der Waals surface area contributed by atoms with Gasteiger partial charge in [0, 0.05) is 23.9 Å². The Morgan fingerprint density at radius 3 is 2.89 bits per heavy atom. The van der Waals surface area contributed by atoms with Crippen molar-refractivity contribution in [2.75, 3.05) is 12.3 Å². The van der Waals surface area contributed by atoms with Gasteiger partial charge in [0.1, 0.15) is 5.75 Å². The summed E-state index contributed by atoms with van der Waals surface area (Å²) in [5.41, 5.74) is 7.80. The summed E-state index contributed by atoms with van der Waals surface area (Å²) >= 11 is 0. The highest BCUT2D eigenvalue weighted by Crippen LogP contribution is 2.14. The molecule has 0 bridgehead atoms. The molecule has 2 N–H and O–H groups in total. The van der Waals surface area contributed by atoms with Crippen LogP contribution in [0.15, 0.2) is 42.7 Å². The van der Waals surface area contributed by atoms with Gasteiger partial charge in [-0.25, -0.2) is 0 Å². The van der Waals surface area contributed by atoms with Crippen LogP contribution in [0.5, 0.6) is 5.75 Å². The van der Waals surface area contributed by atoms with E-state index in [0.717, 1.165) is 5.56 Å². The Labute approximate surface area is 112 Å². The Kier molecular flexibility index (Phi) is 4.13. The summed E-state index contributed by atoms with van der Waals surface area (Å²) in [7, 11) is 0. The van der Waals surface area contributed by atoms with Gasteiger partial charge in [-0.15, -0.1) is 0 Å². The number of ether oxygens (including phenoxy) is 1. The Bertz CT molecular complexity index is 582. The largest absolute Gasteiger partial charge is 0.492 e. The average molecular weight is 256 g/mol. The van der Waals surface area contributed by atoms with Crippen LogP contribution in [0.3, 0.4) is 0 Å². The second-order valence-electron chi connectivity index (χ2n) is 4.19. The number of hydrogen-bond donors (Lipinski definition) is 1. The second kappa shape index (κ2) is 6.00. The topological polar surface area (TPSA) is 65.2 Å². The minimum atomic E-state index is -0.000321. The molecule has 0 saturated heterocycles. The first-order valence-corrected chi connectivity index (χ1v) is 6.14. The molecule has 1 aromatic heterocycles. The van der Waals surface area contributed by atoms with E-state index < -0.39 is 0 Å². The lowest BCUT2D eigenvalue weighted by molar-refractivity contribution is 0.0992. The highest BCUT2D eigenvalue weighted by atomic mass is 16.5. The zero-order chi connectivity index (χ0) is 13.7. The van der Waals surface area contributed by atoms with Crippen LogP contribution in [0.4, 0.5) is 5.69 Å². The van der Waals surface area contributed by atoms with Crippen molar-refractivity contribution in [3.8, 4) is 5.75 Å². The smallest absolute Gasteiger partial charge is 0.168 e. The SMILES string of the molecule is CCOc1cncc(C(=O)Cc2cccc(N)c2)c1. The van der Waals surface area contributed by atoms with Crippen LogP contribution in [-0.4, -0.2) is 17.4 Å². The van der Waals surface area contributed by atoms with Gasteiger partial charge < -0.3 is 10.5 Å². The minimum absolute atomic E-state index is 0.000321. The van der Waals surface area contributed by atoms with Gasteiger partial charge in [0.2, 0.25) is 0 Å². The summed E-state index contributed by atoms with van der Waals surface area (Å²) in [4.78, 5) is 16.2. The van der Waals surface area contributed by atoms with E-state index in [0.29, 0.717) is 30.0 Å². The molecule has 0 aliphatic rings. The van der Waals surface area contributed by atoms with Gasteiger partial charge in [0.15, 0.2) is 5.78 Å². The Morgan fingerprint density at radius 1 is 1.32 bits per heavy atom. The molecule has 0 atom stereocenters. The van der Waals surface area contributed by atoms with Crippen LogP contribution >= 0.6 is 0 Å². The van der Waals surface area contributed by atoms with Gasteiger partial charge in [-0.2, -0.15) is 0 Å². The number of nitrogens with zero attached hydrogens (tertiary/aromatic N) is 1. The molecule has 0 spiro atoms. The molecule has 0 saturated carbocycles. The third kappa shape index (κ3) is 3.55. The molecule has 0 unspecified atom stereocenters. The maximum atomic E-state index is 12.1. The molecule has 0 aliphatic carbocycles. The lowest BCUT2D eigenvalue weighted by Crippen LogP contribution is -2.05. The molecule has 19 heavy (non-hydrogen) atoms. The van der Waals surface area contributed by atoms with Crippen molar-refractivity contribution in [2.24, 2.45) is 0 Å². The number of rotatable bonds is 5. The van der Waals surface area contributed by atoms with E-state index >= 15 is 0 Å². The van der Waals surface area contributed by atoms with E-state index in [1.54, 1.807) is 30.6 Å². The first-order chi connectivity index (χ1) is 9.19. The lowest BCUT2D eigenvalue weighted by atomic mass is 10.0. The number of nitrogen functional groups attached to an aromatic ring is 1. The highest BCUT2D eigenvalue weighted by Gasteiger charge is 2.09. The molecule has 4 heteroatoms. The summed E-state index contributed by atoms with van der Waals surface area (Å²) in [6.07, 6.45) is 3.46. The van der Waals surface area contributed by atoms with Gasteiger partial charge in [-0.05, 0) is 30.7 Å². The fourth-order valence-electron chi connectivity index (χ4n) is 1.81. The van der Waals surface area contributed by atoms with Gasteiger partial charge >= 0.3 is 0 Å². The molecule has 4 nitrogen and oxygen atoms in total. The number of nitrogens with two attached hydrogens (primary N) is 1. The second-order valence-corrected chi connectivity index (χ2v) is 4.19. The maximum absolute atomic E-state index is 12.1. The molecule has 1 heterocycles. The normalized spacial score (nSPS) is 10.2. The molecule has 98 valence electrons. The predicted molar refractivity (Wildman–Crippen MR) is 74.3 cm³/mol. The van der Waals surface area contributed by atoms with Crippen molar-refractivity contribution >= 4 is 11.5 Å².